The second-order valence-corrected chi connectivity index (χ2v) is 5.20. The molecule has 1 unspecified atom stereocenters. The van der Waals surface area contributed by atoms with Gasteiger partial charge in [-0.3, -0.25) is 0 Å². The first kappa shape index (κ1) is 8.92. The van der Waals surface area contributed by atoms with Crippen molar-refractivity contribution in [3.05, 3.63) is 12.3 Å². The Morgan fingerprint density at radius 2 is 2.33 bits per heavy atom. The molecule has 9 heavy (non-hydrogen) atoms. The topological polar surface area (TPSA) is 9.23 Å². The molecule has 1 nitrogen and oxygen atoms in total. The van der Waals surface area contributed by atoms with Gasteiger partial charge in [0, 0.05) is 13.2 Å². The molecule has 0 saturated carbocycles. The van der Waals surface area contributed by atoms with E-state index in [2.05, 4.69) is 18.8 Å². The van der Waals surface area contributed by atoms with Gasteiger partial charge in [0.25, 0.3) is 0 Å². The maximum absolute atomic E-state index is 5.19. The Kier molecular flexibility index (Phi) is 5.99. The van der Waals surface area contributed by atoms with Crippen molar-refractivity contribution in [3.8, 4) is 0 Å². The lowest BCUT2D eigenvalue weighted by molar-refractivity contribution is 0.161. The van der Waals surface area contributed by atoms with Crippen LogP contribution in [0.5, 0.6) is 0 Å². The van der Waals surface area contributed by atoms with Gasteiger partial charge in [0.05, 0.1) is 8.80 Å². The Morgan fingerprint density at radius 3 is 2.78 bits per heavy atom. The van der Waals surface area contributed by atoms with Gasteiger partial charge >= 0.3 is 0 Å². The van der Waals surface area contributed by atoms with Crippen LogP contribution in [0.1, 0.15) is 6.92 Å². The van der Waals surface area contributed by atoms with Gasteiger partial charge in [-0.1, -0.05) is 6.55 Å². The van der Waals surface area contributed by atoms with Crippen molar-refractivity contribution in [2.75, 3.05) is 13.2 Å². The van der Waals surface area contributed by atoms with Gasteiger partial charge in [0.1, 0.15) is 0 Å². The monoisotopic (exact) mass is 144 g/mol. The zero-order valence-electron chi connectivity index (χ0n) is 6.39. The Bertz CT molecular complexity index is 73.3. The van der Waals surface area contributed by atoms with Crippen LogP contribution in [0.2, 0.25) is 12.6 Å². The van der Waals surface area contributed by atoms with Crippen LogP contribution in [0.3, 0.4) is 0 Å². The van der Waals surface area contributed by atoms with Crippen molar-refractivity contribution >= 4 is 8.80 Å². The van der Waals surface area contributed by atoms with E-state index < -0.39 is 8.80 Å². The Morgan fingerprint density at radius 1 is 1.67 bits per heavy atom. The van der Waals surface area contributed by atoms with Crippen LogP contribution < -0.4 is 0 Å². The van der Waals surface area contributed by atoms with Crippen molar-refractivity contribution in [1.82, 2.24) is 0 Å². The van der Waals surface area contributed by atoms with Crippen LogP contribution in [-0.4, -0.2) is 22.0 Å². The van der Waals surface area contributed by atoms with Gasteiger partial charge < -0.3 is 4.74 Å². The number of ether oxygens (including phenoxy) is 1. The average Bonchev–Trinajstić information content (AvgIpc) is 1.89. The largest absolute Gasteiger partial charge is 0.382 e. The van der Waals surface area contributed by atoms with Crippen LogP contribution in [-0.2, 0) is 4.74 Å². The molecule has 0 heterocycles. The number of hydrogen-bond acceptors (Lipinski definition) is 1. The fourth-order valence-corrected chi connectivity index (χ4v) is 1.31. The molecular formula is C7H16OSi. The second kappa shape index (κ2) is 6.04. The molecule has 0 aliphatic carbocycles. The van der Waals surface area contributed by atoms with Crippen LogP contribution in [0.25, 0.3) is 0 Å². The van der Waals surface area contributed by atoms with E-state index in [0.29, 0.717) is 0 Å². The van der Waals surface area contributed by atoms with E-state index in [1.165, 1.54) is 6.04 Å². The quantitative estimate of drug-likeness (QED) is 0.421. The summed E-state index contributed by atoms with van der Waals surface area (Å²) in [5, 5.41) is 0. The van der Waals surface area contributed by atoms with E-state index >= 15 is 0 Å². The molecule has 0 aliphatic rings. The first-order valence-corrected chi connectivity index (χ1v) is 6.15. The molecular weight excluding hydrogens is 128 g/mol. The van der Waals surface area contributed by atoms with E-state index in [4.69, 9.17) is 4.74 Å². The molecule has 0 aromatic carbocycles. The highest BCUT2D eigenvalue weighted by atomic mass is 28.3. The first-order chi connectivity index (χ1) is 4.31. The third-order valence-corrected chi connectivity index (χ3v) is 3.28. The fourth-order valence-electron chi connectivity index (χ4n) is 0.531. The summed E-state index contributed by atoms with van der Waals surface area (Å²) in [6.45, 7) is 9.83. The lowest BCUT2D eigenvalue weighted by Crippen LogP contribution is -2.06. The molecule has 0 amide bonds. The molecule has 0 saturated heterocycles. The van der Waals surface area contributed by atoms with E-state index in [1.54, 1.807) is 0 Å². The first-order valence-electron chi connectivity index (χ1n) is 3.51. The van der Waals surface area contributed by atoms with Crippen LogP contribution in [0.4, 0.5) is 0 Å². The molecule has 0 radical (unpaired) electrons. The molecule has 0 aromatic heterocycles. The summed E-state index contributed by atoms with van der Waals surface area (Å²) >= 11 is 0. The SMILES string of the molecule is C=C[SiH](C)CCOCC. The zero-order chi connectivity index (χ0) is 7.11. The van der Waals surface area contributed by atoms with Crippen molar-refractivity contribution in [2.45, 2.75) is 19.5 Å². The highest BCUT2D eigenvalue weighted by Crippen LogP contribution is 1.92. The van der Waals surface area contributed by atoms with Gasteiger partial charge in [0.2, 0.25) is 0 Å². The van der Waals surface area contributed by atoms with Gasteiger partial charge in [-0.05, 0) is 13.0 Å². The third kappa shape index (κ3) is 5.79. The van der Waals surface area contributed by atoms with Gasteiger partial charge in [0.15, 0.2) is 0 Å². The number of hydrogen-bond donors (Lipinski definition) is 0. The highest BCUT2D eigenvalue weighted by Gasteiger charge is 1.95. The minimum atomic E-state index is -0.574. The molecule has 0 fully saturated rings. The third-order valence-electron chi connectivity index (χ3n) is 1.32. The summed E-state index contributed by atoms with van der Waals surface area (Å²) in [4.78, 5) is 0. The lowest BCUT2D eigenvalue weighted by Gasteiger charge is -2.02. The van der Waals surface area contributed by atoms with Gasteiger partial charge in [-0.15, -0.1) is 12.3 Å². The van der Waals surface area contributed by atoms with E-state index in [9.17, 15) is 0 Å². The minimum Gasteiger partial charge on any atom is -0.382 e. The molecule has 0 N–H and O–H groups in total. The molecule has 0 aliphatic heterocycles. The summed E-state index contributed by atoms with van der Waals surface area (Å²) in [5.74, 6) is 0. The Labute approximate surface area is 59.3 Å². The molecule has 1 atom stereocenters. The zero-order valence-corrected chi connectivity index (χ0v) is 7.55. The van der Waals surface area contributed by atoms with E-state index in [0.717, 1.165) is 13.2 Å². The van der Waals surface area contributed by atoms with Crippen molar-refractivity contribution < 1.29 is 4.74 Å². The maximum atomic E-state index is 5.19. The second-order valence-electron chi connectivity index (χ2n) is 2.20. The Balaban J connectivity index is 2.96. The average molecular weight is 144 g/mol. The molecule has 54 valence electrons. The van der Waals surface area contributed by atoms with Gasteiger partial charge in [-0.25, -0.2) is 0 Å². The number of rotatable bonds is 5. The molecule has 0 bridgehead atoms. The van der Waals surface area contributed by atoms with Crippen LogP contribution in [0.15, 0.2) is 12.3 Å². The maximum Gasteiger partial charge on any atom is 0.0599 e. The molecule has 2 heteroatoms. The Hall–Kier alpha value is -0.0831. The molecule has 0 spiro atoms. The summed E-state index contributed by atoms with van der Waals surface area (Å²) in [6.07, 6.45) is 0. The van der Waals surface area contributed by atoms with Crippen molar-refractivity contribution in [2.24, 2.45) is 0 Å². The van der Waals surface area contributed by atoms with E-state index in [1.807, 2.05) is 6.92 Å². The summed E-state index contributed by atoms with van der Waals surface area (Å²) < 4.78 is 5.19. The highest BCUT2D eigenvalue weighted by molar-refractivity contribution is 6.62. The predicted molar refractivity (Wildman–Crippen MR) is 44.5 cm³/mol. The summed E-state index contributed by atoms with van der Waals surface area (Å²) in [7, 11) is -0.574. The smallest absolute Gasteiger partial charge is 0.0599 e. The minimum absolute atomic E-state index is 0.574. The standard InChI is InChI=1S/C7H16OSi/c1-4-8-6-7-9(3)5-2/h5,9H,2,4,6-7H2,1,3H3. The fraction of sp³-hybridized carbons (Fsp3) is 0.714. The van der Waals surface area contributed by atoms with E-state index in [-0.39, 0.29) is 0 Å². The molecule has 0 aromatic rings. The predicted octanol–water partition coefficient (Wildman–Crippen LogP) is 1.60. The van der Waals surface area contributed by atoms with Crippen molar-refractivity contribution in [1.29, 1.82) is 0 Å². The van der Waals surface area contributed by atoms with Gasteiger partial charge in [-0.2, -0.15) is 0 Å². The summed E-state index contributed by atoms with van der Waals surface area (Å²) in [5.41, 5.74) is 2.10. The molecule has 0 rings (SSSR count). The normalized spacial score (nSPS) is 13.1. The summed E-state index contributed by atoms with van der Waals surface area (Å²) in [6, 6.07) is 1.23. The lowest BCUT2D eigenvalue weighted by atomic mass is 10.8. The van der Waals surface area contributed by atoms with Crippen molar-refractivity contribution in [3.63, 3.8) is 0 Å². The van der Waals surface area contributed by atoms with Crippen LogP contribution >= 0.6 is 0 Å². The van der Waals surface area contributed by atoms with Crippen LogP contribution in [0, 0.1) is 0 Å².